The standard InChI is InChI=1S/C20H25N5/c1-2-12-23(19(4-1)9-14-25-13-3-10-22-25)16-18-5-7-20(8-6-18)24-15-11-21-17-24/h3,5-8,10-11,13,15,17,19H,1-2,4,9,12,14,16H2/t19-/m1/s1. The molecule has 1 saturated heterocycles. The Morgan fingerprint density at radius 1 is 1.04 bits per heavy atom. The molecule has 1 aliphatic rings. The van der Waals surface area contributed by atoms with Gasteiger partial charge in [-0.3, -0.25) is 9.58 Å². The van der Waals surface area contributed by atoms with E-state index in [0.717, 1.165) is 18.8 Å². The van der Waals surface area contributed by atoms with Crippen molar-refractivity contribution < 1.29 is 0 Å². The predicted octanol–water partition coefficient (Wildman–Crippen LogP) is 3.51. The Balaban J connectivity index is 1.39. The molecule has 3 aromatic rings. The summed E-state index contributed by atoms with van der Waals surface area (Å²) in [5.74, 6) is 0. The molecule has 0 aliphatic carbocycles. The van der Waals surface area contributed by atoms with Crippen LogP contribution in [0.15, 0.2) is 61.4 Å². The molecule has 0 bridgehead atoms. The van der Waals surface area contributed by atoms with Crippen molar-refractivity contribution in [2.45, 2.75) is 44.8 Å². The lowest BCUT2D eigenvalue weighted by molar-refractivity contribution is 0.127. The average Bonchev–Trinajstić information content (AvgIpc) is 3.36. The van der Waals surface area contributed by atoms with Crippen molar-refractivity contribution in [3.05, 3.63) is 67.0 Å². The zero-order chi connectivity index (χ0) is 16.9. The van der Waals surface area contributed by atoms with Gasteiger partial charge in [0.05, 0.1) is 6.33 Å². The molecule has 25 heavy (non-hydrogen) atoms. The quantitative estimate of drug-likeness (QED) is 0.692. The zero-order valence-corrected chi connectivity index (χ0v) is 14.5. The Labute approximate surface area is 148 Å². The van der Waals surface area contributed by atoms with Gasteiger partial charge in [0.2, 0.25) is 0 Å². The van der Waals surface area contributed by atoms with E-state index < -0.39 is 0 Å². The molecule has 0 N–H and O–H groups in total. The van der Waals surface area contributed by atoms with E-state index in [0.29, 0.717) is 6.04 Å². The van der Waals surface area contributed by atoms with Crippen LogP contribution >= 0.6 is 0 Å². The molecule has 0 spiro atoms. The minimum Gasteiger partial charge on any atom is -0.306 e. The molecule has 0 radical (unpaired) electrons. The van der Waals surface area contributed by atoms with Crippen molar-refractivity contribution in [1.82, 2.24) is 24.2 Å². The summed E-state index contributed by atoms with van der Waals surface area (Å²) in [4.78, 5) is 6.77. The Kier molecular flexibility index (Phi) is 4.93. The summed E-state index contributed by atoms with van der Waals surface area (Å²) in [5, 5.41) is 4.33. The molecular weight excluding hydrogens is 310 g/mol. The fourth-order valence-corrected chi connectivity index (χ4v) is 3.73. The van der Waals surface area contributed by atoms with Gasteiger partial charge in [0.15, 0.2) is 0 Å². The molecule has 130 valence electrons. The van der Waals surface area contributed by atoms with Crippen LogP contribution in [0.3, 0.4) is 0 Å². The van der Waals surface area contributed by atoms with E-state index in [-0.39, 0.29) is 0 Å². The molecule has 2 aromatic heterocycles. The van der Waals surface area contributed by atoms with Crippen molar-refractivity contribution in [1.29, 1.82) is 0 Å². The van der Waals surface area contributed by atoms with Crippen LogP contribution in [0.5, 0.6) is 0 Å². The van der Waals surface area contributed by atoms with Gasteiger partial charge in [-0.05, 0) is 49.6 Å². The maximum Gasteiger partial charge on any atom is 0.0991 e. The number of aromatic nitrogens is 4. The molecule has 1 aromatic carbocycles. The summed E-state index contributed by atoms with van der Waals surface area (Å²) in [6.45, 7) is 3.24. The fraction of sp³-hybridized carbons (Fsp3) is 0.400. The number of hydrogen-bond acceptors (Lipinski definition) is 3. The third-order valence-electron chi connectivity index (χ3n) is 5.12. The van der Waals surface area contributed by atoms with Crippen LogP contribution in [0.4, 0.5) is 0 Å². The summed E-state index contributed by atoms with van der Waals surface area (Å²) in [6.07, 6.45) is 14.7. The number of hydrogen-bond donors (Lipinski definition) is 0. The molecule has 0 amide bonds. The summed E-state index contributed by atoms with van der Waals surface area (Å²) in [7, 11) is 0. The SMILES string of the molecule is c1cnn(CC[C@H]2CCCCN2Cc2ccc(-n3ccnc3)cc2)c1. The number of benzene rings is 1. The highest BCUT2D eigenvalue weighted by Gasteiger charge is 2.22. The number of likely N-dealkylation sites (tertiary alicyclic amines) is 1. The van der Waals surface area contributed by atoms with E-state index >= 15 is 0 Å². The molecule has 4 rings (SSSR count). The lowest BCUT2D eigenvalue weighted by Crippen LogP contribution is -2.39. The van der Waals surface area contributed by atoms with Crippen molar-refractivity contribution in [3.8, 4) is 5.69 Å². The van der Waals surface area contributed by atoms with Crippen LogP contribution < -0.4 is 0 Å². The number of piperidine rings is 1. The largest absolute Gasteiger partial charge is 0.306 e. The molecule has 1 fully saturated rings. The molecular formula is C20H25N5. The first-order valence-corrected chi connectivity index (χ1v) is 9.17. The van der Waals surface area contributed by atoms with Crippen LogP contribution in [0.1, 0.15) is 31.2 Å². The van der Waals surface area contributed by atoms with E-state index in [4.69, 9.17) is 0 Å². The van der Waals surface area contributed by atoms with E-state index in [1.165, 1.54) is 37.8 Å². The third kappa shape index (κ3) is 3.99. The van der Waals surface area contributed by atoms with Gasteiger partial charge >= 0.3 is 0 Å². The van der Waals surface area contributed by atoms with E-state index in [1.807, 2.05) is 40.2 Å². The van der Waals surface area contributed by atoms with Gasteiger partial charge in [0, 0.05) is 49.6 Å². The maximum atomic E-state index is 4.33. The van der Waals surface area contributed by atoms with Crippen molar-refractivity contribution in [2.24, 2.45) is 0 Å². The van der Waals surface area contributed by atoms with Crippen molar-refractivity contribution in [3.63, 3.8) is 0 Å². The first kappa shape index (κ1) is 16.1. The van der Waals surface area contributed by atoms with E-state index in [1.54, 1.807) is 0 Å². The van der Waals surface area contributed by atoms with Crippen LogP contribution in [0.25, 0.3) is 5.69 Å². The zero-order valence-electron chi connectivity index (χ0n) is 14.5. The number of imidazole rings is 1. The lowest BCUT2D eigenvalue weighted by atomic mass is 9.98. The maximum absolute atomic E-state index is 4.33. The highest BCUT2D eigenvalue weighted by molar-refractivity contribution is 5.34. The molecule has 5 heteroatoms. The van der Waals surface area contributed by atoms with Crippen molar-refractivity contribution >= 4 is 0 Å². The van der Waals surface area contributed by atoms with Gasteiger partial charge in [-0.25, -0.2) is 4.98 Å². The van der Waals surface area contributed by atoms with Crippen LogP contribution in [-0.4, -0.2) is 36.8 Å². The summed E-state index contributed by atoms with van der Waals surface area (Å²) in [5.41, 5.74) is 2.55. The topological polar surface area (TPSA) is 38.9 Å². The van der Waals surface area contributed by atoms with Gasteiger partial charge in [-0.1, -0.05) is 18.6 Å². The fourth-order valence-electron chi connectivity index (χ4n) is 3.73. The average molecular weight is 335 g/mol. The first-order valence-electron chi connectivity index (χ1n) is 9.17. The number of nitrogens with zero attached hydrogens (tertiary/aromatic N) is 5. The first-order chi connectivity index (χ1) is 12.4. The third-order valence-corrected chi connectivity index (χ3v) is 5.12. The summed E-state index contributed by atoms with van der Waals surface area (Å²) >= 11 is 0. The van der Waals surface area contributed by atoms with Gasteiger partial charge < -0.3 is 4.57 Å². The monoisotopic (exact) mass is 335 g/mol. The predicted molar refractivity (Wildman–Crippen MR) is 98.5 cm³/mol. The van der Waals surface area contributed by atoms with Crippen molar-refractivity contribution in [2.75, 3.05) is 6.54 Å². The summed E-state index contributed by atoms with van der Waals surface area (Å²) in [6, 6.07) is 11.5. The highest BCUT2D eigenvalue weighted by Crippen LogP contribution is 2.23. The van der Waals surface area contributed by atoms with E-state index in [2.05, 4.69) is 45.4 Å². The normalized spacial score (nSPS) is 18.5. The molecule has 0 saturated carbocycles. The Morgan fingerprint density at radius 2 is 1.96 bits per heavy atom. The summed E-state index contributed by atoms with van der Waals surface area (Å²) < 4.78 is 4.09. The second-order valence-electron chi connectivity index (χ2n) is 6.81. The second-order valence-corrected chi connectivity index (χ2v) is 6.81. The van der Waals surface area contributed by atoms with Gasteiger partial charge in [-0.2, -0.15) is 5.10 Å². The Hall–Kier alpha value is -2.40. The molecule has 3 heterocycles. The molecule has 0 unspecified atom stereocenters. The number of rotatable bonds is 6. The van der Waals surface area contributed by atoms with Crippen LogP contribution in [0, 0.1) is 0 Å². The molecule has 1 atom stereocenters. The Morgan fingerprint density at radius 3 is 2.72 bits per heavy atom. The van der Waals surface area contributed by atoms with Gasteiger partial charge in [-0.15, -0.1) is 0 Å². The highest BCUT2D eigenvalue weighted by atomic mass is 15.3. The molecule has 5 nitrogen and oxygen atoms in total. The van der Waals surface area contributed by atoms with Gasteiger partial charge in [0.1, 0.15) is 0 Å². The minimum absolute atomic E-state index is 0.659. The number of aryl methyl sites for hydroxylation is 1. The second kappa shape index (κ2) is 7.66. The Bertz CT molecular complexity index is 746. The minimum atomic E-state index is 0.659. The van der Waals surface area contributed by atoms with Gasteiger partial charge in [0.25, 0.3) is 0 Å². The van der Waals surface area contributed by atoms with Crippen LogP contribution in [0.2, 0.25) is 0 Å². The smallest absolute Gasteiger partial charge is 0.0991 e. The lowest BCUT2D eigenvalue weighted by Gasteiger charge is -2.36. The van der Waals surface area contributed by atoms with E-state index in [9.17, 15) is 0 Å². The molecule has 1 aliphatic heterocycles. The van der Waals surface area contributed by atoms with Crippen LogP contribution in [-0.2, 0) is 13.1 Å².